The molecule has 2 bridgehead atoms. The highest BCUT2D eigenvalue weighted by Crippen LogP contribution is 2.65. The Morgan fingerprint density at radius 3 is 2.48 bits per heavy atom. The first kappa shape index (κ1) is 31.5. The highest BCUT2D eigenvalue weighted by Gasteiger charge is 2.79. The average molecular weight is 603 g/mol. The SMILES string of the molecule is C=CCCCOC(=O)[C@H]1[C@H]2C(=O)N([C@H](CO)c3ccccc3)C(C(=O)N(CC=C)c3ccc(OC)cc3)C23CC[C@]1(CC)O3. The molecule has 0 aliphatic carbocycles. The van der Waals surface area contributed by atoms with Gasteiger partial charge in [-0.25, -0.2) is 0 Å². The van der Waals surface area contributed by atoms with Crippen molar-refractivity contribution in [1.82, 2.24) is 4.90 Å². The number of amides is 2. The third-order valence-electron chi connectivity index (χ3n) is 9.56. The van der Waals surface area contributed by atoms with Crippen molar-refractivity contribution in [2.75, 3.05) is 31.8 Å². The first-order chi connectivity index (χ1) is 21.3. The number of nitrogens with zero attached hydrogens (tertiary/aromatic N) is 2. The van der Waals surface area contributed by atoms with Crippen molar-refractivity contribution in [3.63, 3.8) is 0 Å². The van der Waals surface area contributed by atoms with Crippen LogP contribution in [0.5, 0.6) is 5.75 Å². The smallest absolute Gasteiger partial charge is 0.312 e. The Bertz CT molecular complexity index is 1380. The molecule has 3 saturated heterocycles. The summed E-state index contributed by atoms with van der Waals surface area (Å²) in [7, 11) is 1.57. The second-order valence-corrected chi connectivity index (χ2v) is 11.7. The lowest BCUT2D eigenvalue weighted by Crippen LogP contribution is -2.57. The Morgan fingerprint density at radius 1 is 1.14 bits per heavy atom. The van der Waals surface area contributed by atoms with Crippen LogP contribution in [0.25, 0.3) is 0 Å². The number of fused-ring (bicyclic) bond motifs is 1. The van der Waals surface area contributed by atoms with Crippen LogP contribution in [0.2, 0.25) is 0 Å². The summed E-state index contributed by atoms with van der Waals surface area (Å²) in [5, 5.41) is 10.8. The fraction of sp³-hybridized carbons (Fsp3) is 0.457. The second kappa shape index (κ2) is 13.0. The van der Waals surface area contributed by atoms with Crippen LogP contribution in [0.4, 0.5) is 5.69 Å². The number of carbonyl (C=O) groups excluding carboxylic acids is 3. The number of esters is 1. The van der Waals surface area contributed by atoms with Gasteiger partial charge < -0.3 is 29.1 Å². The first-order valence-corrected chi connectivity index (χ1v) is 15.3. The van der Waals surface area contributed by atoms with Crippen molar-refractivity contribution < 1.29 is 33.7 Å². The topological polar surface area (TPSA) is 106 Å². The maximum absolute atomic E-state index is 14.9. The van der Waals surface area contributed by atoms with Crippen LogP contribution in [0.3, 0.4) is 0 Å². The van der Waals surface area contributed by atoms with Gasteiger partial charge in [0.2, 0.25) is 5.91 Å². The molecule has 2 amide bonds. The molecule has 1 spiro atoms. The fourth-order valence-electron chi connectivity index (χ4n) is 7.51. The Hall–Kier alpha value is -3.95. The highest BCUT2D eigenvalue weighted by molar-refractivity contribution is 6.05. The summed E-state index contributed by atoms with van der Waals surface area (Å²) in [5.41, 5.74) is -0.923. The lowest BCUT2D eigenvalue weighted by atomic mass is 9.65. The predicted molar refractivity (Wildman–Crippen MR) is 166 cm³/mol. The van der Waals surface area contributed by atoms with Crippen LogP contribution in [0.15, 0.2) is 79.9 Å². The van der Waals surface area contributed by atoms with Gasteiger partial charge in [-0.1, -0.05) is 49.4 Å². The summed E-state index contributed by atoms with van der Waals surface area (Å²) in [5.74, 6) is -2.41. The number of likely N-dealkylation sites (tertiary alicyclic amines) is 1. The molecular weight excluding hydrogens is 560 g/mol. The number of unbranched alkanes of at least 4 members (excludes halogenated alkanes) is 1. The number of hydrogen-bond acceptors (Lipinski definition) is 7. The lowest BCUT2D eigenvalue weighted by molar-refractivity contribution is -0.162. The molecule has 3 fully saturated rings. The molecule has 9 heteroatoms. The van der Waals surface area contributed by atoms with Crippen molar-refractivity contribution in [2.24, 2.45) is 11.8 Å². The third kappa shape index (κ3) is 5.12. The van der Waals surface area contributed by atoms with E-state index in [1.165, 1.54) is 4.90 Å². The van der Waals surface area contributed by atoms with Crippen LogP contribution in [0, 0.1) is 11.8 Å². The number of allylic oxidation sites excluding steroid dienone is 1. The molecule has 3 heterocycles. The Labute approximate surface area is 259 Å². The summed E-state index contributed by atoms with van der Waals surface area (Å²) in [4.78, 5) is 46.5. The molecule has 2 aromatic rings. The Morgan fingerprint density at radius 2 is 1.86 bits per heavy atom. The third-order valence-corrected chi connectivity index (χ3v) is 9.56. The average Bonchev–Trinajstić information content (AvgIpc) is 3.66. The van der Waals surface area contributed by atoms with Gasteiger partial charge in [0.05, 0.1) is 37.9 Å². The standard InChI is InChI=1S/C35H42N2O7/c1-5-8-12-22-43-33(41)29-28-31(39)37(27(23-38)24-13-10-9-11-14-24)30(35(28)20-19-34(29,7-3)44-35)32(40)36(21-6-2)25-15-17-26(42-4)18-16-25/h5-6,9-11,13-18,27-30,38H,1-2,7-8,12,19-23H2,3-4H3/t27-,28+,29-,30?,34+,35?/m1/s1. The first-order valence-electron chi connectivity index (χ1n) is 15.3. The van der Waals surface area contributed by atoms with E-state index in [4.69, 9.17) is 14.2 Å². The largest absolute Gasteiger partial charge is 0.497 e. The predicted octanol–water partition coefficient (Wildman–Crippen LogP) is 4.61. The Balaban J connectivity index is 1.62. The van der Waals surface area contributed by atoms with Crippen LogP contribution in [0.1, 0.15) is 50.6 Å². The van der Waals surface area contributed by atoms with E-state index in [0.29, 0.717) is 49.1 Å². The van der Waals surface area contributed by atoms with E-state index in [0.717, 1.165) is 0 Å². The molecule has 3 aliphatic rings. The number of ether oxygens (including phenoxy) is 3. The zero-order valence-electron chi connectivity index (χ0n) is 25.5. The van der Waals surface area contributed by atoms with E-state index in [-0.39, 0.29) is 25.0 Å². The molecule has 0 saturated carbocycles. The van der Waals surface area contributed by atoms with Crippen molar-refractivity contribution in [2.45, 2.75) is 62.3 Å². The summed E-state index contributed by atoms with van der Waals surface area (Å²) in [6.45, 7) is 9.51. The summed E-state index contributed by atoms with van der Waals surface area (Å²) in [6, 6.07) is 14.3. The second-order valence-electron chi connectivity index (χ2n) is 11.7. The van der Waals surface area contributed by atoms with Crippen molar-refractivity contribution >= 4 is 23.5 Å². The fourth-order valence-corrected chi connectivity index (χ4v) is 7.51. The number of hydrogen-bond donors (Lipinski definition) is 1. The quantitative estimate of drug-likeness (QED) is 0.191. The van der Waals surface area contributed by atoms with Gasteiger partial charge in [-0.05, 0) is 61.9 Å². The molecular formula is C35H42N2O7. The van der Waals surface area contributed by atoms with Crippen LogP contribution in [-0.4, -0.2) is 71.9 Å². The van der Waals surface area contributed by atoms with Gasteiger partial charge in [0.1, 0.15) is 23.3 Å². The molecule has 3 aliphatic heterocycles. The number of rotatable bonds is 14. The number of benzene rings is 2. The van der Waals surface area contributed by atoms with E-state index in [2.05, 4.69) is 13.2 Å². The maximum Gasteiger partial charge on any atom is 0.312 e. The minimum atomic E-state index is -1.27. The molecule has 6 atom stereocenters. The van der Waals surface area contributed by atoms with E-state index < -0.39 is 47.7 Å². The number of aliphatic hydroxyl groups is 1. The van der Waals surface area contributed by atoms with Gasteiger partial charge in [0, 0.05) is 12.2 Å². The van der Waals surface area contributed by atoms with Gasteiger partial charge in [0.25, 0.3) is 5.91 Å². The lowest BCUT2D eigenvalue weighted by Gasteiger charge is -2.39. The highest BCUT2D eigenvalue weighted by atomic mass is 16.6. The van der Waals surface area contributed by atoms with Crippen molar-refractivity contribution in [1.29, 1.82) is 0 Å². The van der Waals surface area contributed by atoms with Gasteiger partial charge in [-0.3, -0.25) is 14.4 Å². The van der Waals surface area contributed by atoms with Crippen LogP contribution < -0.4 is 9.64 Å². The number of aliphatic hydroxyl groups excluding tert-OH is 1. The molecule has 44 heavy (non-hydrogen) atoms. The van der Waals surface area contributed by atoms with Crippen molar-refractivity contribution in [3.05, 3.63) is 85.5 Å². The van der Waals surface area contributed by atoms with Crippen LogP contribution >= 0.6 is 0 Å². The molecule has 2 aromatic carbocycles. The minimum Gasteiger partial charge on any atom is -0.497 e. The van der Waals surface area contributed by atoms with E-state index >= 15 is 0 Å². The number of methoxy groups -OCH3 is 1. The molecule has 0 aromatic heterocycles. The zero-order valence-corrected chi connectivity index (χ0v) is 25.5. The summed E-state index contributed by atoms with van der Waals surface area (Å²) < 4.78 is 17.9. The molecule has 1 N–H and O–H groups in total. The number of anilines is 1. The zero-order chi connectivity index (χ0) is 31.5. The van der Waals surface area contributed by atoms with E-state index in [1.54, 1.807) is 48.4 Å². The van der Waals surface area contributed by atoms with Gasteiger partial charge in [-0.15, -0.1) is 13.2 Å². The molecule has 2 unspecified atom stereocenters. The Kier molecular flexibility index (Phi) is 9.27. The van der Waals surface area contributed by atoms with Crippen molar-refractivity contribution in [3.8, 4) is 5.75 Å². The van der Waals surface area contributed by atoms with E-state index in [1.807, 2.05) is 37.3 Å². The minimum absolute atomic E-state index is 0.174. The van der Waals surface area contributed by atoms with Gasteiger partial charge in [0.15, 0.2) is 0 Å². The molecule has 9 nitrogen and oxygen atoms in total. The molecule has 0 radical (unpaired) electrons. The monoisotopic (exact) mass is 602 g/mol. The number of carbonyl (C=O) groups is 3. The van der Waals surface area contributed by atoms with Gasteiger partial charge >= 0.3 is 5.97 Å². The molecule has 5 rings (SSSR count). The van der Waals surface area contributed by atoms with Crippen LogP contribution in [-0.2, 0) is 23.9 Å². The van der Waals surface area contributed by atoms with E-state index in [9.17, 15) is 19.5 Å². The molecule has 234 valence electrons. The maximum atomic E-state index is 14.9. The normalized spacial score (nSPS) is 27.5. The van der Waals surface area contributed by atoms with Gasteiger partial charge in [-0.2, -0.15) is 0 Å². The summed E-state index contributed by atoms with van der Waals surface area (Å²) in [6.07, 6.45) is 6.13. The summed E-state index contributed by atoms with van der Waals surface area (Å²) >= 11 is 0.